The lowest BCUT2D eigenvalue weighted by Gasteiger charge is -2.48. The molecular formula is C42H33NOS. The van der Waals surface area contributed by atoms with Crippen LogP contribution in [-0.2, 0) is 10.8 Å². The van der Waals surface area contributed by atoms with E-state index in [4.69, 9.17) is 4.42 Å². The molecule has 0 spiro atoms. The van der Waals surface area contributed by atoms with Gasteiger partial charge in [-0.1, -0.05) is 100 Å². The first kappa shape index (κ1) is 26.5. The van der Waals surface area contributed by atoms with Gasteiger partial charge in [0.2, 0.25) is 0 Å². The summed E-state index contributed by atoms with van der Waals surface area (Å²) in [5, 5.41) is 4.92. The topological polar surface area (TPSA) is 16.4 Å². The Morgan fingerprint density at radius 2 is 1.20 bits per heavy atom. The Hall–Kier alpha value is -4.86. The number of para-hydroxylation sites is 2. The number of fused-ring (bicyclic) bond motifs is 10. The number of nitrogens with zero attached hydrogens (tertiary/aromatic N) is 1. The molecule has 0 aliphatic heterocycles. The zero-order valence-electron chi connectivity index (χ0n) is 25.9. The van der Waals surface area contributed by atoms with Gasteiger partial charge >= 0.3 is 0 Å². The average Bonchev–Trinajstić information content (AvgIpc) is 3.62. The zero-order valence-corrected chi connectivity index (χ0v) is 26.7. The van der Waals surface area contributed by atoms with Gasteiger partial charge in [0.15, 0.2) is 0 Å². The van der Waals surface area contributed by atoms with E-state index in [9.17, 15) is 0 Å². The first-order valence-electron chi connectivity index (χ1n) is 15.7. The van der Waals surface area contributed by atoms with Gasteiger partial charge in [0.1, 0.15) is 11.2 Å². The van der Waals surface area contributed by atoms with E-state index in [1.165, 1.54) is 42.4 Å². The largest absolute Gasteiger partial charge is 0.456 e. The van der Waals surface area contributed by atoms with Crippen molar-refractivity contribution in [3.63, 3.8) is 0 Å². The molecular weight excluding hydrogens is 567 g/mol. The molecule has 0 unspecified atom stereocenters. The minimum Gasteiger partial charge on any atom is -0.456 e. The number of rotatable bonds is 3. The van der Waals surface area contributed by atoms with Gasteiger partial charge in [-0.05, 0) is 76.2 Å². The van der Waals surface area contributed by atoms with Crippen molar-refractivity contribution in [3.8, 4) is 11.1 Å². The second-order valence-electron chi connectivity index (χ2n) is 13.4. The summed E-state index contributed by atoms with van der Waals surface area (Å²) in [5.74, 6) is 0. The number of benzene rings is 6. The predicted molar refractivity (Wildman–Crippen MR) is 193 cm³/mol. The summed E-state index contributed by atoms with van der Waals surface area (Å²) in [6, 6.07) is 46.2. The number of furan rings is 1. The van der Waals surface area contributed by atoms with Crippen LogP contribution >= 0.6 is 11.3 Å². The Bertz CT molecular complexity index is 2440. The molecule has 0 amide bonds. The highest BCUT2D eigenvalue weighted by Gasteiger charge is 2.46. The Labute approximate surface area is 267 Å². The standard InChI is InChI=1S/C42H33NOS/c1-41(2)35-16-10-8-14-29(35)32-21-22-33-34-24-27(19-23-38(34)45-40(33)39(32)42(41,3)4)43(26-12-6-5-7-13-26)28-18-20-31-30-15-9-11-17-36(30)44-37(31)25-28/h5-25H,1-4H3. The second kappa shape index (κ2) is 9.32. The van der Waals surface area contributed by atoms with Crippen molar-refractivity contribution < 1.29 is 4.42 Å². The van der Waals surface area contributed by atoms with E-state index in [1.54, 1.807) is 0 Å². The quantitative estimate of drug-likeness (QED) is 0.201. The van der Waals surface area contributed by atoms with Gasteiger partial charge in [0, 0.05) is 59.5 Å². The minimum absolute atomic E-state index is 0.00831. The maximum absolute atomic E-state index is 6.32. The van der Waals surface area contributed by atoms with Gasteiger partial charge in [-0.15, -0.1) is 11.3 Å². The zero-order chi connectivity index (χ0) is 30.5. The smallest absolute Gasteiger partial charge is 0.137 e. The molecule has 0 bridgehead atoms. The summed E-state index contributed by atoms with van der Waals surface area (Å²) in [5.41, 5.74) is 10.7. The molecule has 2 aromatic heterocycles. The fraction of sp³-hybridized carbons (Fsp3) is 0.143. The highest BCUT2D eigenvalue weighted by Crippen LogP contribution is 2.57. The average molecular weight is 600 g/mol. The summed E-state index contributed by atoms with van der Waals surface area (Å²) in [6.07, 6.45) is 0. The van der Waals surface area contributed by atoms with Crippen LogP contribution in [0.2, 0.25) is 0 Å². The van der Waals surface area contributed by atoms with Crippen LogP contribution in [0.1, 0.15) is 38.8 Å². The molecule has 218 valence electrons. The fourth-order valence-electron chi connectivity index (χ4n) is 7.60. The SMILES string of the molecule is CC1(C)c2ccccc2-c2ccc3c(sc4ccc(N(c5ccccc5)c5ccc6c(c5)oc5ccccc56)cc43)c2C1(C)C. The molecule has 9 rings (SSSR count). The minimum atomic E-state index is -0.0437. The highest BCUT2D eigenvalue weighted by atomic mass is 32.1. The van der Waals surface area contributed by atoms with E-state index in [0.717, 1.165) is 39.0 Å². The van der Waals surface area contributed by atoms with Crippen LogP contribution in [0.5, 0.6) is 0 Å². The molecule has 2 nitrogen and oxygen atoms in total. The summed E-state index contributed by atoms with van der Waals surface area (Å²) in [6.45, 7) is 9.69. The third kappa shape index (κ3) is 3.68. The first-order chi connectivity index (χ1) is 21.8. The Morgan fingerprint density at radius 1 is 0.511 bits per heavy atom. The molecule has 2 heterocycles. The van der Waals surface area contributed by atoms with Crippen molar-refractivity contribution in [1.29, 1.82) is 0 Å². The molecule has 6 aromatic carbocycles. The van der Waals surface area contributed by atoms with E-state index < -0.39 is 0 Å². The van der Waals surface area contributed by atoms with E-state index in [-0.39, 0.29) is 10.8 Å². The van der Waals surface area contributed by atoms with E-state index in [0.29, 0.717) is 0 Å². The highest BCUT2D eigenvalue weighted by molar-refractivity contribution is 7.26. The predicted octanol–water partition coefficient (Wildman–Crippen LogP) is 12.7. The third-order valence-corrected chi connectivity index (χ3v) is 11.8. The molecule has 0 radical (unpaired) electrons. The second-order valence-corrected chi connectivity index (χ2v) is 14.4. The number of hydrogen-bond acceptors (Lipinski definition) is 3. The molecule has 1 aliphatic rings. The van der Waals surface area contributed by atoms with Gasteiger partial charge in [0.05, 0.1) is 0 Å². The van der Waals surface area contributed by atoms with E-state index in [2.05, 4.69) is 148 Å². The Morgan fingerprint density at radius 3 is 2.07 bits per heavy atom. The molecule has 45 heavy (non-hydrogen) atoms. The van der Waals surface area contributed by atoms with Crippen LogP contribution in [-0.4, -0.2) is 0 Å². The van der Waals surface area contributed by atoms with Crippen molar-refractivity contribution in [2.45, 2.75) is 38.5 Å². The molecule has 3 heteroatoms. The summed E-state index contributed by atoms with van der Waals surface area (Å²) >= 11 is 1.94. The molecule has 0 saturated carbocycles. The molecule has 0 saturated heterocycles. The lowest BCUT2D eigenvalue weighted by atomic mass is 9.55. The lowest BCUT2D eigenvalue weighted by Crippen LogP contribution is -2.43. The van der Waals surface area contributed by atoms with Crippen LogP contribution < -0.4 is 4.90 Å². The number of anilines is 3. The third-order valence-electron chi connectivity index (χ3n) is 10.6. The maximum atomic E-state index is 6.32. The summed E-state index contributed by atoms with van der Waals surface area (Å²) < 4.78 is 9.04. The normalized spacial score (nSPS) is 15.0. The molecule has 0 N–H and O–H groups in total. The van der Waals surface area contributed by atoms with E-state index >= 15 is 0 Å². The lowest BCUT2D eigenvalue weighted by molar-refractivity contribution is 0.301. The van der Waals surface area contributed by atoms with Gasteiger partial charge in [-0.2, -0.15) is 0 Å². The number of hydrogen-bond donors (Lipinski definition) is 0. The molecule has 1 aliphatic carbocycles. The molecule has 0 fully saturated rings. The molecule has 0 atom stereocenters. The molecule has 8 aromatic rings. The van der Waals surface area contributed by atoms with Crippen LogP contribution in [0, 0.1) is 0 Å². The van der Waals surface area contributed by atoms with Crippen LogP contribution in [0.25, 0.3) is 53.2 Å². The fourth-order valence-corrected chi connectivity index (χ4v) is 8.99. The Balaban J connectivity index is 1.26. The van der Waals surface area contributed by atoms with Crippen molar-refractivity contribution in [2.75, 3.05) is 4.90 Å². The number of thiophene rings is 1. The monoisotopic (exact) mass is 599 g/mol. The van der Waals surface area contributed by atoms with Crippen LogP contribution in [0.15, 0.2) is 132 Å². The first-order valence-corrected chi connectivity index (χ1v) is 16.5. The van der Waals surface area contributed by atoms with Crippen LogP contribution in [0.3, 0.4) is 0 Å². The Kier molecular flexibility index (Phi) is 5.50. The van der Waals surface area contributed by atoms with Crippen molar-refractivity contribution >= 4 is 70.5 Å². The van der Waals surface area contributed by atoms with E-state index in [1.807, 2.05) is 23.5 Å². The van der Waals surface area contributed by atoms with Gasteiger partial charge in [0.25, 0.3) is 0 Å². The maximum Gasteiger partial charge on any atom is 0.137 e. The van der Waals surface area contributed by atoms with Crippen molar-refractivity contribution in [3.05, 3.63) is 139 Å². The summed E-state index contributed by atoms with van der Waals surface area (Å²) in [7, 11) is 0. The van der Waals surface area contributed by atoms with Gasteiger partial charge in [-0.25, -0.2) is 0 Å². The van der Waals surface area contributed by atoms with Crippen molar-refractivity contribution in [1.82, 2.24) is 0 Å². The van der Waals surface area contributed by atoms with Crippen molar-refractivity contribution in [2.24, 2.45) is 0 Å². The summed E-state index contributed by atoms with van der Waals surface area (Å²) in [4.78, 5) is 2.34. The van der Waals surface area contributed by atoms with Crippen LogP contribution in [0.4, 0.5) is 17.1 Å². The van der Waals surface area contributed by atoms with Gasteiger partial charge in [-0.3, -0.25) is 0 Å². The van der Waals surface area contributed by atoms with Gasteiger partial charge < -0.3 is 9.32 Å².